The molecule has 0 spiro atoms. The predicted molar refractivity (Wildman–Crippen MR) is 118 cm³/mol. The first-order chi connectivity index (χ1) is 14.1. The fourth-order valence-corrected chi connectivity index (χ4v) is 13.3. The summed E-state index contributed by atoms with van der Waals surface area (Å²) in [5.74, 6) is 1.34. The highest BCUT2D eigenvalue weighted by atomic mass is 33.1. The Morgan fingerprint density at radius 3 is 2.40 bits per heavy atom. The molecule has 2 bridgehead atoms. The number of carbonyl (C=O) groups excluding carboxylic acids is 2. The zero-order valence-corrected chi connectivity index (χ0v) is 20.0. The summed E-state index contributed by atoms with van der Waals surface area (Å²) in [6, 6.07) is 0. The van der Waals surface area contributed by atoms with Crippen LogP contribution in [0, 0.1) is 28.6 Å². The van der Waals surface area contributed by atoms with Gasteiger partial charge < -0.3 is 14.6 Å². The van der Waals surface area contributed by atoms with Gasteiger partial charge in [-0.05, 0) is 56.3 Å². The number of fused-ring (bicyclic) bond motifs is 3. The Balaban J connectivity index is 1.45. The van der Waals surface area contributed by atoms with Crippen molar-refractivity contribution in [2.24, 2.45) is 28.6 Å². The molecule has 5 fully saturated rings. The van der Waals surface area contributed by atoms with E-state index in [1.807, 2.05) is 21.6 Å². The van der Waals surface area contributed by atoms with Gasteiger partial charge in [0.2, 0.25) is 0 Å². The van der Waals surface area contributed by atoms with Crippen LogP contribution in [0.15, 0.2) is 0 Å². The van der Waals surface area contributed by atoms with E-state index in [0.717, 1.165) is 44.9 Å². The summed E-state index contributed by atoms with van der Waals surface area (Å²) in [7, 11) is 3.80. The summed E-state index contributed by atoms with van der Waals surface area (Å²) in [5, 5.41) is 11.9. The van der Waals surface area contributed by atoms with Crippen molar-refractivity contribution >= 4 is 33.5 Å². The number of rotatable bonds is 2. The molecule has 0 aromatic rings. The summed E-state index contributed by atoms with van der Waals surface area (Å²) < 4.78 is 11.1. The average Bonchev–Trinajstić information content (AvgIpc) is 3.10. The smallest absolute Gasteiger partial charge is 0.302 e. The van der Waals surface area contributed by atoms with Gasteiger partial charge in [0.1, 0.15) is 18.3 Å². The molecule has 1 heterocycles. The van der Waals surface area contributed by atoms with Crippen LogP contribution in [-0.2, 0) is 19.1 Å². The van der Waals surface area contributed by atoms with E-state index < -0.39 is 6.10 Å². The summed E-state index contributed by atoms with van der Waals surface area (Å²) in [6.07, 6.45) is 6.25. The van der Waals surface area contributed by atoms with Crippen molar-refractivity contribution in [2.45, 2.75) is 101 Å². The second-order valence-corrected chi connectivity index (χ2v) is 13.5. The summed E-state index contributed by atoms with van der Waals surface area (Å²) in [6.45, 7) is 7.75. The van der Waals surface area contributed by atoms with Crippen LogP contribution in [0.25, 0.3) is 0 Å². The van der Waals surface area contributed by atoms with Crippen molar-refractivity contribution in [3.05, 3.63) is 0 Å². The minimum atomic E-state index is -0.603. The Labute approximate surface area is 187 Å². The van der Waals surface area contributed by atoms with Crippen LogP contribution in [-0.4, -0.2) is 45.4 Å². The minimum Gasteiger partial charge on any atom is -0.462 e. The van der Waals surface area contributed by atoms with Crippen LogP contribution >= 0.6 is 21.6 Å². The summed E-state index contributed by atoms with van der Waals surface area (Å²) in [5.41, 5.74) is 0.128. The van der Waals surface area contributed by atoms with Crippen LogP contribution in [0.4, 0.5) is 0 Å². The topological polar surface area (TPSA) is 72.8 Å². The fraction of sp³-hybridized carbons (Fsp3) is 0.913. The molecule has 1 N–H and O–H groups in total. The maximum absolute atomic E-state index is 11.7. The Bertz CT molecular complexity index is 760. The largest absolute Gasteiger partial charge is 0.462 e. The van der Waals surface area contributed by atoms with Gasteiger partial charge in [-0.3, -0.25) is 9.59 Å². The third kappa shape index (κ3) is 2.67. The molecule has 4 aliphatic carbocycles. The third-order valence-corrected chi connectivity index (χ3v) is 13.8. The average molecular weight is 455 g/mol. The van der Waals surface area contributed by atoms with E-state index in [1.54, 1.807) is 0 Å². The maximum atomic E-state index is 11.7. The molecule has 0 radical (unpaired) electrons. The Morgan fingerprint density at radius 1 is 0.967 bits per heavy atom. The SMILES string of the molecule is CC(=O)O[C@H]1CC[C@H]2[C@@H]3CC[C@@]45SS[C@@H](C[C@@H](OC(C)=O)[C@@H]4O)[C@]5(C)[C@H]3CC[C@]12C. The van der Waals surface area contributed by atoms with Crippen LogP contribution in [0.3, 0.4) is 0 Å². The van der Waals surface area contributed by atoms with Crippen molar-refractivity contribution in [3.8, 4) is 0 Å². The number of esters is 2. The molecule has 1 aliphatic heterocycles. The molecule has 0 unspecified atom stereocenters. The first kappa shape index (κ1) is 21.4. The van der Waals surface area contributed by atoms with E-state index in [2.05, 4.69) is 13.8 Å². The van der Waals surface area contributed by atoms with Gasteiger partial charge in [0.05, 0.1) is 4.75 Å². The van der Waals surface area contributed by atoms with E-state index in [0.29, 0.717) is 23.0 Å². The Morgan fingerprint density at radius 2 is 1.70 bits per heavy atom. The molecular weight excluding hydrogens is 420 g/mol. The van der Waals surface area contributed by atoms with Crippen LogP contribution < -0.4 is 0 Å². The van der Waals surface area contributed by atoms with Crippen LogP contribution in [0.2, 0.25) is 0 Å². The molecule has 30 heavy (non-hydrogen) atoms. The highest BCUT2D eigenvalue weighted by molar-refractivity contribution is 8.78. The second kappa shape index (κ2) is 7.05. The summed E-state index contributed by atoms with van der Waals surface area (Å²) in [4.78, 5) is 23.3. The molecule has 168 valence electrons. The zero-order chi connectivity index (χ0) is 21.5. The minimum absolute atomic E-state index is 0.0438. The van der Waals surface area contributed by atoms with Crippen molar-refractivity contribution in [1.29, 1.82) is 0 Å². The lowest BCUT2D eigenvalue weighted by Gasteiger charge is -2.64. The zero-order valence-electron chi connectivity index (χ0n) is 18.4. The van der Waals surface area contributed by atoms with Crippen LogP contribution in [0.1, 0.15) is 72.6 Å². The lowest BCUT2D eigenvalue weighted by Crippen LogP contribution is -2.69. The summed E-state index contributed by atoms with van der Waals surface area (Å²) >= 11 is 0. The van der Waals surface area contributed by atoms with E-state index in [9.17, 15) is 14.7 Å². The molecule has 0 amide bonds. The number of hydrogen-bond donors (Lipinski definition) is 1. The van der Waals surface area contributed by atoms with Gasteiger partial charge >= 0.3 is 11.9 Å². The standard InChI is InChI=1S/C23H34O5S2/c1-12(24)27-17-11-19-22(4)16-8-9-21(3)15(5-6-18(21)28-13(2)25)14(16)7-10-23(22,20(17)26)30-29-19/h14-20,26H,5-11H2,1-4H3/t14-,15-,16-,17+,18-,19-,20-,21-,22-,23+/m0/s1. The monoisotopic (exact) mass is 454 g/mol. The normalized spacial score (nSPS) is 54.0. The quantitative estimate of drug-likeness (QED) is 0.491. The van der Waals surface area contributed by atoms with E-state index in [4.69, 9.17) is 9.47 Å². The number of carbonyl (C=O) groups is 2. The fourth-order valence-electron chi connectivity index (χ4n) is 8.40. The van der Waals surface area contributed by atoms with Crippen LogP contribution in [0.5, 0.6) is 0 Å². The number of aliphatic hydroxyl groups is 1. The molecular formula is C23H34O5S2. The van der Waals surface area contributed by atoms with E-state index in [-0.39, 0.29) is 39.7 Å². The molecule has 4 saturated carbocycles. The molecule has 0 aromatic carbocycles. The van der Waals surface area contributed by atoms with E-state index >= 15 is 0 Å². The Kier molecular flexibility index (Phi) is 5.04. The van der Waals surface area contributed by atoms with Crippen molar-refractivity contribution in [1.82, 2.24) is 0 Å². The van der Waals surface area contributed by atoms with Crippen molar-refractivity contribution < 1.29 is 24.2 Å². The van der Waals surface area contributed by atoms with E-state index in [1.165, 1.54) is 13.8 Å². The molecule has 10 atom stereocenters. The van der Waals surface area contributed by atoms with Gasteiger partial charge in [-0.1, -0.05) is 35.4 Å². The number of ether oxygens (including phenoxy) is 2. The van der Waals surface area contributed by atoms with Gasteiger partial charge in [-0.25, -0.2) is 0 Å². The van der Waals surface area contributed by atoms with Gasteiger partial charge in [0.15, 0.2) is 0 Å². The van der Waals surface area contributed by atoms with Gasteiger partial charge in [-0.15, -0.1) is 0 Å². The first-order valence-electron chi connectivity index (χ1n) is 11.5. The Hall–Kier alpha value is -0.400. The van der Waals surface area contributed by atoms with Crippen molar-refractivity contribution in [3.63, 3.8) is 0 Å². The third-order valence-electron chi connectivity index (χ3n) is 9.76. The molecule has 0 aromatic heterocycles. The number of hydrogen-bond acceptors (Lipinski definition) is 7. The maximum Gasteiger partial charge on any atom is 0.302 e. The lowest BCUT2D eigenvalue weighted by atomic mass is 9.44. The highest BCUT2D eigenvalue weighted by Gasteiger charge is 2.74. The second-order valence-electron chi connectivity index (χ2n) is 10.8. The molecule has 5 aliphatic rings. The van der Waals surface area contributed by atoms with Crippen molar-refractivity contribution in [2.75, 3.05) is 0 Å². The van der Waals surface area contributed by atoms with Gasteiger partial charge in [0, 0.05) is 36.3 Å². The first-order valence-corrected chi connectivity index (χ1v) is 13.7. The highest BCUT2D eigenvalue weighted by Crippen LogP contribution is 2.77. The molecule has 1 saturated heterocycles. The lowest BCUT2D eigenvalue weighted by molar-refractivity contribution is -0.180. The molecule has 5 rings (SSSR count). The predicted octanol–water partition coefficient (Wildman–Crippen LogP) is 4.36. The van der Waals surface area contributed by atoms with Gasteiger partial charge in [0.25, 0.3) is 0 Å². The molecule has 7 heteroatoms. The van der Waals surface area contributed by atoms with Gasteiger partial charge in [-0.2, -0.15) is 0 Å². The number of aliphatic hydroxyl groups excluding tert-OH is 1. The molecule has 5 nitrogen and oxygen atoms in total.